The Morgan fingerprint density at radius 2 is 1.61 bits per heavy atom. The monoisotopic (exact) mass is 654 g/mol. The Morgan fingerprint density at radius 1 is 0.978 bits per heavy atom. The molecule has 3 aliphatic rings. The van der Waals surface area contributed by atoms with Crippen molar-refractivity contribution in [3.63, 3.8) is 0 Å². The van der Waals surface area contributed by atoms with Gasteiger partial charge in [-0.3, -0.25) is 19.3 Å². The van der Waals surface area contributed by atoms with Gasteiger partial charge in [0.2, 0.25) is 11.8 Å². The number of carbonyl (C=O) groups excluding carboxylic acids is 3. The van der Waals surface area contributed by atoms with E-state index in [-0.39, 0.29) is 36.0 Å². The zero-order valence-corrected chi connectivity index (χ0v) is 28.2. The molecule has 0 aromatic heterocycles. The molecule has 9 nitrogen and oxygen atoms in total. The third-order valence-corrected chi connectivity index (χ3v) is 10.1. The van der Waals surface area contributed by atoms with Gasteiger partial charge in [0.05, 0.1) is 6.10 Å². The minimum atomic E-state index is -0.854. The molecule has 2 aromatic rings. The van der Waals surface area contributed by atoms with Crippen molar-refractivity contribution < 1.29 is 24.2 Å². The SMILES string of the molecule is CCCCCCN1C(=O)[C@@H]([C@H](O)C2CCCCC2)NC(=O)C12CCN(Cc1ccc(Oc3ccc(C(=O)NC)cc3)cc1)CC2.Cl. The van der Waals surface area contributed by atoms with Gasteiger partial charge in [-0.05, 0) is 80.0 Å². The molecule has 252 valence electrons. The molecule has 10 heteroatoms. The first-order valence-electron chi connectivity index (χ1n) is 17.0. The highest BCUT2D eigenvalue weighted by atomic mass is 35.5. The smallest absolute Gasteiger partial charge is 0.251 e. The highest BCUT2D eigenvalue weighted by molar-refractivity contribution is 6.00. The number of aliphatic hydroxyl groups is 1. The van der Waals surface area contributed by atoms with Crippen LogP contribution in [0.25, 0.3) is 0 Å². The molecule has 1 saturated carbocycles. The molecule has 1 aliphatic carbocycles. The third kappa shape index (κ3) is 8.22. The molecule has 2 atom stereocenters. The van der Waals surface area contributed by atoms with Crippen LogP contribution in [0.2, 0.25) is 0 Å². The predicted octanol–water partition coefficient (Wildman–Crippen LogP) is 5.44. The Bertz CT molecular complexity index is 1290. The fraction of sp³-hybridized carbons (Fsp3) is 0.583. The molecule has 2 aromatic carbocycles. The van der Waals surface area contributed by atoms with E-state index in [0.29, 0.717) is 49.5 Å². The van der Waals surface area contributed by atoms with E-state index in [4.69, 9.17) is 4.74 Å². The van der Waals surface area contributed by atoms with Gasteiger partial charge in [-0.2, -0.15) is 0 Å². The summed E-state index contributed by atoms with van der Waals surface area (Å²) in [6.07, 6.45) is 9.59. The lowest BCUT2D eigenvalue weighted by Gasteiger charge is -2.52. The van der Waals surface area contributed by atoms with Gasteiger partial charge >= 0.3 is 0 Å². The molecule has 46 heavy (non-hydrogen) atoms. The second kappa shape index (κ2) is 16.6. The number of nitrogens with zero attached hydrogens (tertiary/aromatic N) is 2. The van der Waals surface area contributed by atoms with Gasteiger partial charge in [0.25, 0.3) is 5.91 Å². The number of aliphatic hydroxyl groups excluding tert-OH is 1. The van der Waals surface area contributed by atoms with Crippen molar-refractivity contribution in [2.24, 2.45) is 5.92 Å². The second-order valence-corrected chi connectivity index (χ2v) is 13.0. The quantitative estimate of drug-likeness (QED) is 0.263. The van der Waals surface area contributed by atoms with Crippen molar-refractivity contribution in [1.29, 1.82) is 0 Å². The van der Waals surface area contributed by atoms with Gasteiger partial charge in [-0.25, -0.2) is 0 Å². The predicted molar refractivity (Wildman–Crippen MR) is 181 cm³/mol. The molecule has 1 spiro atoms. The fourth-order valence-corrected chi connectivity index (χ4v) is 7.29. The number of benzene rings is 2. The molecular weight excluding hydrogens is 604 g/mol. The van der Waals surface area contributed by atoms with Gasteiger partial charge < -0.3 is 25.4 Å². The van der Waals surface area contributed by atoms with Crippen molar-refractivity contribution >= 4 is 30.1 Å². The number of hydrogen-bond donors (Lipinski definition) is 3. The van der Waals surface area contributed by atoms with Crippen LogP contribution in [0.5, 0.6) is 11.5 Å². The highest BCUT2D eigenvalue weighted by Crippen LogP contribution is 2.36. The maximum atomic E-state index is 14.0. The maximum Gasteiger partial charge on any atom is 0.251 e. The molecule has 0 radical (unpaired) electrons. The van der Waals surface area contributed by atoms with Gasteiger partial charge in [-0.1, -0.05) is 57.6 Å². The highest BCUT2D eigenvalue weighted by Gasteiger charge is 2.55. The number of ether oxygens (including phenoxy) is 1. The van der Waals surface area contributed by atoms with Crippen LogP contribution in [0.4, 0.5) is 0 Å². The number of halogens is 1. The Hall–Kier alpha value is -3.14. The van der Waals surface area contributed by atoms with Crippen molar-refractivity contribution in [3.05, 3.63) is 59.7 Å². The van der Waals surface area contributed by atoms with E-state index < -0.39 is 17.7 Å². The molecule has 3 fully saturated rings. The van der Waals surface area contributed by atoms with Gasteiger partial charge in [0, 0.05) is 38.8 Å². The molecule has 2 heterocycles. The summed E-state index contributed by atoms with van der Waals surface area (Å²) in [7, 11) is 1.60. The second-order valence-electron chi connectivity index (χ2n) is 13.0. The van der Waals surface area contributed by atoms with Crippen LogP contribution in [0.15, 0.2) is 48.5 Å². The number of piperidine rings is 1. The molecule has 5 rings (SSSR count). The number of hydrogen-bond acceptors (Lipinski definition) is 6. The first-order valence-corrected chi connectivity index (χ1v) is 17.0. The lowest BCUT2D eigenvalue weighted by molar-refractivity contribution is -0.166. The first kappa shape index (κ1) is 35.7. The number of rotatable bonds is 12. The van der Waals surface area contributed by atoms with Gasteiger partial charge in [0.1, 0.15) is 23.1 Å². The first-order chi connectivity index (χ1) is 21.8. The van der Waals surface area contributed by atoms with Crippen LogP contribution in [-0.2, 0) is 16.1 Å². The van der Waals surface area contributed by atoms with Crippen LogP contribution in [0.3, 0.4) is 0 Å². The maximum absolute atomic E-state index is 14.0. The van der Waals surface area contributed by atoms with Crippen LogP contribution in [-0.4, -0.2) is 77.0 Å². The van der Waals surface area contributed by atoms with E-state index in [0.717, 1.165) is 63.5 Å². The molecule has 3 amide bonds. The Labute approximate surface area is 279 Å². The van der Waals surface area contributed by atoms with Crippen LogP contribution in [0, 0.1) is 5.92 Å². The van der Waals surface area contributed by atoms with Crippen LogP contribution < -0.4 is 15.4 Å². The number of amides is 3. The summed E-state index contributed by atoms with van der Waals surface area (Å²) < 4.78 is 5.97. The molecular formula is C36H51ClN4O5. The topological polar surface area (TPSA) is 111 Å². The summed E-state index contributed by atoms with van der Waals surface area (Å²) in [6, 6.07) is 14.2. The third-order valence-electron chi connectivity index (χ3n) is 10.1. The Morgan fingerprint density at radius 3 is 2.22 bits per heavy atom. The number of likely N-dealkylation sites (tertiary alicyclic amines) is 1. The molecule has 2 saturated heterocycles. The summed E-state index contributed by atoms with van der Waals surface area (Å²) in [4.78, 5) is 43.8. The van der Waals surface area contributed by atoms with E-state index in [1.54, 1.807) is 31.3 Å². The van der Waals surface area contributed by atoms with Gasteiger partial charge in [-0.15, -0.1) is 12.4 Å². The fourth-order valence-electron chi connectivity index (χ4n) is 7.29. The summed E-state index contributed by atoms with van der Waals surface area (Å²) in [5, 5.41) is 16.9. The summed E-state index contributed by atoms with van der Waals surface area (Å²) >= 11 is 0. The minimum absolute atomic E-state index is 0. The zero-order chi connectivity index (χ0) is 31.8. The summed E-state index contributed by atoms with van der Waals surface area (Å²) in [5.41, 5.74) is 0.868. The number of piperazine rings is 1. The molecule has 0 unspecified atom stereocenters. The van der Waals surface area contributed by atoms with Crippen molar-refractivity contribution in [3.8, 4) is 11.5 Å². The number of nitrogens with one attached hydrogen (secondary N) is 2. The summed E-state index contributed by atoms with van der Waals surface area (Å²) in [6.45, 7) is 4.89. The standard InChI is InChI=1S/C36H50N4O5.ClH/c1-3-4-5-9-22-40-34(43)31(32(41)27-10-7-6-8-11-27)38-35(44)36(40)20-23-39(24-21-36)25-26-12-16-29(17-13-26)45-30-18-14-28(15-19-30)33(42)37-2;/h12-19,27,31-32,41H,3-11,20-25H2,1-2H3,(H,37,42)(H,38,44);1H/t31-,32-;/m1./s1. The van der Waals surface area contributed by atoms with Crippen molar-refractivity contribution in [2.45, 2.75) is 102 Å². The minimum Gasteiger partial charge on any atom is -0.457 e. The van der Waals surface area contributed by atoms with Gasteiger partial charge in [0.15, 0.2) is 0 Å². The van der Waals surface area contributed by atoms with Crippen LogP contribution >= 0.6 is 12.4 Å². The average molecular weight is 655 g/mol. The van der Waals surface area contributed by atoms with Crippen molar-refractivity contribution in [2.75, 3.05) is 26.7 Å². The Balaban J connectivity index is 0.00000480. The normalized spacial score (nSPS) is 20.9. The van der Waals surface area contributed by atoms with E-state index in [1.807, 2.05) is 29.2 Å². The zero-order valence-electron chi connectivity index (χ0n) is 27.3. The molecule has 0 bridgehead atoms. The van der Waals surface area contributed by atoms with E-state index in [1.165, 1.54) is 6.42 Å². The van der Waals surface area contributed by atoms with E-state index in [9.17, 15) is 19.5 Å². The molecule has 2 aliphatic heterocycles. The summed E-state index contributed by atoms with van der Waals surface area (Å²) in [5.74, 6) is 1.10. The number of unbranched alkanes of at least 4 members (excludes halogenated alkanes) is 3. The van der Waals surface area contributed by atoms with E-state index in [2.05, 4.69) is 22.5 Å². The average Bonchev–Trinajstić information content (AvgIpc) is 3.08. The molecule has 3 N–H and O–H groups in total. The Kier molecular flexibility index (Phi) is 12.9. The lowest BCUT2D eigenvalue weighted by atomic mass is 9.78. The number of carbonyl (C=O) groups is 3. The lowest BCUT2D eigenvalue weighted by Crippen LogP contribution is -2.75. The van der Waals surface area contributed by atoms with Crippen LogP contribution in [0.1, 0.15) is 93.5 Å². The largest absolute Gasteiger partial charge is 0.457 e. The van der Waals surface area contributed by atoms with E-state index >= 15 is 0 Å². The van der Waals surface area contributed by atoms with Crippen molar-refractivity contribution in [1.82, 2.24) is 20.4 Å².